The van der Waals surface area contributed by atoms with Crippen molar-refractivity contribution in [1.82, 2.24) is 15.0 Å². The van der Waals surface area contributed by atoms with Crippen LogP contribution in [-0.2, 0) is 16.1 Å². The second kappa shape index (κ2) is 4.56. The molecular formula is C7H11N3O3. The summed E-state index contributed by atoms with van der Waals surface area (Å²) in [5, 5.41) is 3.61. The van der Waals surface area contributed by atoms with E-state index in [9.17, 15) is 4.79 Å². The van der Waals surface area contributed by atoms with Gasteiger partial charge in [-0.25, -0.2) is 0 Å². The van der Waals surface area contributed by atoms with Crippen LogP contribution in [0.1, 0.15) is 5.82 Å². The third-order valence-corrected chi connectivity index (χ3v) is 1.44. The predicted molar refractivity (Wildman–Crippen MR) is 42.6 cm³/mol. The molecule has 72 valence electrons. The first kappa shape index (κ1) is 9.66. The van der Waals surface area contributed by atoms with Gasteiger partial charge >= 0.3 is 5.97 Å². The molecule has 0 N–H and O–H groups in total. The molecule has 0 aromatic carbocycles. The van der Waals surface area contributed by atoms with Gasteiger partial charge in [0.15, 0.2) is 5.82 Å². The summed E-state index contributed by atoms with van der Waals surface area (Å²) < 4.78 is 9.04. The summed E-state index contributed by atoms with van der Waals surface area (Å²) in [5.41, 5.74) is 0. The van der Waals surface area contributed by atoms with Crippen molar-refractivity contribution >= 4 is 5.97 Å². The van der Waals surface area contributed by atoms with Crippen LogP contribution in [0.3, 0.4) is 0 Å². The fourth-order valence-corrected chi connectivity index (χ4v) is 0.844. The Morgan fingerprint density at radius 1 is 1.77 bits per heavy atom. The molecule has 1 heterocycles. The molecule has 0 aliphatic rings. The molecule has 1 aromatic heterocycles. The first-order chi connectivity index (χ1) is 6.22. The molecule has 1 aromatic rings. The van der Waals surface area contributed by atoms with E-state index in [1.807, 2.05) is 0 Å². The summed E-state index contributed by atoms with van der Waals surface area (Å²) in [4.78, 5) is 16.4. The van der Waals surface area contributed by atoms with Gasteiger partial charge in [-0.15, -0.1) is 0 Å². The number of aromatic nitrogens is 2. The van der Waals surface area contributed by atoms with Gasteiger partial charge < -0.3 is 9.26 Å². The number of methoxy groups -OCH3 is 1. The molecule has 6 heteroatoms. The van der Waals surface area contributed by atoms with Gasteiger partial charge in [0.1, 0.15) is 0 Å². The molecule has 0 amide bonds. The summed E-state index contributed by atoms with van der Waals surface area (Å²) in [6.45, 7) is 0.677. The Hall–Kier alpha value is -1.43. The quantitative estimate of drug-likeness (QED) is 0.598. The lowest BCUT2D eigenvalue weighted by molar-refractivity contribution is -0.141. The molecule has 0 saturated heterocycles. The summed E-state index contributed by atoms with van der Waals surface area (Å²) in [6, 6.07) is 0. The lowest BCUT2D eigenvalue weighted by Gasteiger charge is -2.11. The molecule has 13 heavy (non-hydrogen) atoms. The van der Waals surface area contributed by atoms with Gasteiger partial charge in [0, 0.05) is 0 Å². The molecule has 0 aliphatic heterocycles. The molecule has 0 spiro atoms. The van der Waals surface area contributed by atoms with Crippen molar-refractivity contribution in [3.05, 3.63) is 12.2 Å². The zero-order chi connectivity index (χ0) is 9.68. The molecule has 6 nitrogen and oxygen atoms in total. The maximum atomic E-state index is 10.8. The molecule has 0 fully saturated rings. The number of rotatable bonds is 4. The van der Waals surface area contributed by atoms with E-state index in [0.29, 0.717) is 12.4 Å². The number of hydrogen-bond donors (Lipinski definition) is 0. The van der Waals surface area contributed by atoms with Crippen LogP contribution < -0.4 is 0 Å². The van der Waals surface area contributed by atoms with Crippen molar-refractivity contribution in [3.8, 4) is 0 Å². The average molecular weight is 185 g/mol. The van der Waals surface area contributed by atoms with Crippen molar-refractivity contribution in [1.29, 1.82) is 0 Å². The molecule has 0 unspecified atom stereocenters. The number of hydrogen-bond acceptors (Lipinski definition) is 6. The van der Waals surface area contributed by atoms with E-state index in [1.165, 1.54) is 13.5 Å². The molecule has 0 aliphatic carbocycles. The van der Waals surface area contributed by atoms with Crippen LogP contribution in [0.5, 0.6) is 0 Å². The standard InChI is InChI=1S/C7H11N3O3/c1-10(4-7(11)12-2)3-6-8-5-13-9-6/h5H,3-4H2,1-2H3. The molecule has 0 saturated carbocycles. The second-order valence-corrected chi connectivity index (χ2v) is 2.60. The summed E-state index contributed by atoms with van der Waals surface area (Å²) >= 11 is 0. The van der Waals surface area contributed by atoms with Crippen molar-refractivity contribution in [2.75, 3.05) is 20.7 Å². The topological polar surface area (TPSA) is 68.5 Å². The smallest absolute Gasteiger partial charge is 0.319 e. The lowest BCUT2D eigenvalue weighted by Crippen LogP contribution is -2.26. The second-order valence-electron chi connectivity index (χ2n) is 2.60. The van der Waals surface area contributed by atoms with Gasteiger partial charge in [-0.05, 0) is 7.05 Å². The van der Waals surface area contributed by atoms with Crippen molar-refractivity contribution in [2.45, 2.75) is 6.54 Å². The van der Waals surface area contributed by atoms with Crippen LogP contribution in [0.15, 0.2) is 10.9 Å². The van der Waals surface area contributed by atoms with E-state index in [4.69, 9.17) is 0 Å². The van der Waals surface area contributed by atoms with Crippen LogP contribution in [0.25, 0.3) is 0 Å². The Balaban J connectivity index is 2.33. The number of carbonyl (C=O) groups excluding carboxylic acids is 1. The van der Waals surface area contributed by atoms with Crippen LogP contribution >= 0.6 is 0 Å². The third kappa shape index (κ3) is 3.20. The highest BCUT2D eigenvalue weighted by atomic mass is 16.5. The number of ether oxygens (including phenoxy) is 1. The fraction of sp³-hybridized carbons (Fsp3) is 0.571. The Labute approximate surface area is 75.5 Å². The van der Waals surface area contributed by atoms with E-state index in [0.717, 1.165) is 0 Å². The fourth-order valence-electron chi connectivity index (χ4n) is 0.844. The number of carbonyl (C=O) groups is 1. The molecule has 0 radical (unpaired) electrons. The van der Waals surface area contributed by atoms with Crippen LogP contribution in [-0.4, -0.2) is 41.7 Å². The normalized spacial score (nSPS) is 10.4. The predicted octanol–water partition coefficient (Wildman–Crippen LogP) is -0.326. The molecule has 0 bridgehead atoms. The minimum Gasteiger partial charge on any atom is -0.468 e. The highest BCUT2D eigenvalue weighted by Crippen LogP contribution is 1.94. The summed E-state index contributed by atoms with van der Waals surface area (Å²) in [6.07, 6.45) is 1.25. The van der Waals surface area contributed by atoms with E-state index in [1.54, 1.807) is 11.9 Å². The van der Waals surface area contributed by atoms with E-state index in [2.05, 4.69) is 19.4 Å². The maximum Gasteiger partial charge on any atom is 0.319 e. The first-order valence-corrected chi connectivity index (χ1v) is 3.73. The largest absolute Gasteiger partial charge is 0.468 e. The lowest BCUT2D eigenvalue weighted by atomic mass is 10.5. The van der Waals surface area contributed by atoms with E-state index in [-0.39, 0.29) is 12.5 Å². The minimum absolute atomic E-state index is 0.213. The summed E-state index contributed by atoms with van der Waals surface area (Å²) in [7, 11) is 3.12. The zero-order valence-corrected chi connectivity index (χ0v) is 7.56. The van der Waals surface area contributed by atoms with Gasteiger partial charge in [0.25, 0.3) is 0 Å². The number of esters is 1. The Morgan fingerprint density at radius 3 is 3.08 bits per heavy atom. The average Bonchev–Trinajstić information content (AvgIpc) is 2.56. The Kier molecular flexibility index (Phi) is 3.39. The highest BCUT2D eigenvalue weighted by molar-refractivity contribution is 5.71. The Morgan fingerprint density at radius 2 is 2.54 bits per heavy atom. The SMILES string of the molecule is COC(=O)CN(C)Cc1ncon1. The van der Waals surface area contributed by atoms with Gasteiger partial charge in [-0.3, -0.25) is 9.69 Å². The minimum atomic E-state index is -0.286. The first-order valence-electron chi connectivity index (χ1n) is 3.73. The van der Waals surface area contributed by atoms with Crippen LogP contribution in [0.4, 0.5) is 0 Å². The van der Waals surface area contributed by atoms with Crippen molar-refractivity contribution < 1.29 is 14.1 Å². The monoisotopic (exact) mass is 185 g/mol. The van der Waals surface area contributed by atoms with Gasteiger partial charge in [-0.1, -0.05) is 5.16 Å². The molecule has 1 rings (SSSR count). The number of likely N-dealkylation sites (N-methyl/N-ethyl adjacent to an activating group) is 1. The third-order valence-electron chi connectivity index (χ3n) is 1.44. The highest BCUT2D eigenvalue weighted by Gasteiger charge is 2.08. The van der Waals surface area contributed by atoms with E-state index >= 15 is 0 Å². The number of nitrogens with zero attached hydrogens (tertiary/aromatic N) is 3. The van der Waals surface area contributed by atoms with Crippen LogP contribution in [0, 0.1) is 0 Å². The zero-order valence-electron chi connectivity index (χ0n) is 7.56. The Bertz CT molecular complexity index is 260. The van der Waals surface area contributed by atoms with Crippen LogP contribution in [0.2, 0.25) is 0 Å². The molecular weight excluding hydrogens is 174 g/mol. The van der Waals surface area contributed by atoms with Crippen molar-refractivity contribution in [3.63, 3.8) is 0 Å². The van der Waals surface area contributed by atoms with Gasteiger partial charge in [0.05, 0.1) is 20.2 Å². The van der Waals surface area contributed by atoms with Gasteiger partial charge in [-0.2, -0.15) is 4.98 Å². The maximum absolute atomic E-state index is 10.8. The van der Waals surface area contributed by atoms with E-state index < -0.39 is 0 Å². The molecule has 0 atom stereocenters. The van der Waals surface area contributed by atoms with Gasteiger partial charge in [0.2, 0.25) is 6.39 Å². The summed E-state index contributed by atoms with van der Waals surface area (Å²) in [5.74, 6) is 0.261. The van der Waals surface area contributed by atoms with Crippen molar-refractivity contribution in [2.24, 2.45) is 0 Å².